The first-order chi connectivity index (χ1) is 6.33. The zero-order valence-corrected chi connectivity index (χ0v) is 7.86. The van der Waals surface area contributed by atoms with E-state index in [2.05, 4.69) is 15.6 Å². The molecular formula is C11H12N2. The lowest BCUT2D eigenvalue weighted by Gasteiger charge is -1.95. The van der Waals surface area contributed by atoms with Crippen LogP contribution >= 0.6 is 0 Å². The lowest BCUT2D eigenvalue weighted by Crippen LogP contribution is -1.90. The van der Waals surface area contributed by atoms with Crippen molar-refractivity contribution in [3.63, 3.8) is 0 Å². The third-order valence-corrected chi connectivity index (χ3v) is 2.14. The summed E-state index contributed by atoms with van der Waals surface area (Å²) in [7, 11) is 2.03. The number of hydrogen-bond acceptors (Lipinski definition) is 1. The van der Waals surface area contributed by atoms with Crippen LogP contribution in [-0.4, -0.2) is 9.55 Å². The minimum atomic E-state index is 1.00. The Morgan fingerprint density at radius 2 is 2.08 bits per heavy atom. The van der Waals surface area contributed by atoms with Crippen LogP contribution in [-0.2, 0) is 7.05 Å². The Morgan fingerprint density at radius 1 is 1.31 bits per heavy atom. The molecule has 0 amide bonds. The van der Waals surface area contributed by atoms with Crippen LogP contribution < -0.4 is 0 Å². The molecule has 66 valence electrons. The molecule has 13 heavy (non-hydrogen) atoms. The molecule has 2 nitrogen and oxygen atoms in total. The molecule has 2 rings (SSSR count). The topological polar surface area (TPSA) is 17.8 Å². The number of para-hydroxylation sites is 2. The number of imidazole rings is 1. The molecule has 0 saturated carbocycles. The number of aromatic nitrogens is 2. The van der Waals surface area contributed by atoms with Gasteiger partial charge in [0.1, 0.15) is 5.82 Å². The summed E-state index contributed by atoms with van der Waals surface area (Å²) in [5.74, 6) is 1.00. The Kier molecular flexibility index (Phi) is 1.89. The fraction of sp³-hybridized carbons (Fsp3) is 0.182. The van der Waals surface area contributed by atoms with Gasteiger partial charge in [0.05, 0.1) is 11.0 Å². The summed E-state index contributed by atoms with van der Waals surface area (Å²) < 4.78 is 2.09. The van der Waals surface area contributed by atoms with Gasteiger partial charge in [0.15, 0.2) is 0 Å². The zero-order chi connectivity index (χ0) is 9.26. The molecule has 0 aliphatic carbocycles. The van der Waals surface area contributed by atoms with Gasteiger partial charge in [-0.2, -0.15) is 0 Å². The summed E-state index contributed by atoms with van der Waals surface area (Å²) in [5, 5.41) is 0. The summed E-state index contributed by atoms with van der Waals surface area (Å²) in [6, 6.07) is 8.15. The highest BCUT2D eigenvalue weighted by Gasteiger charge is 2.02. The highest BCUT2D eigenvalue weighted by Crippen LogP contribution is 2.14. The van der Waals surface area contributed by atoms with E-state index in [9.17, 15) is 0 Å². The maximum Gasteiger partial charge on any atom is 0.133 e. The summed E-state index contributed by atoms with van der Waals surface area (Å²) in [4.78, 5) is 4.48. The maximum absolute atomic E-state index is 4.48. The van der Waals surface area contributed by atoms with Crippen molar-refractivity contribution in [3.8, 4) is 0 Å². The van der Waals surface area contributed by atoms with Gasteiger partial charge in [0.2, 0.25) is 0 Å². The van der Waals surface area contributed by atoms with Crippen molar-refractivity contribution in [2.45, 2.75) is 6.92 Å². The molecule has 0 aliphatic rings. The monoisotopic (exact) mass is 172 g/mol. The van der Waals surface area contributed by atoms with Crippen molar-refractivity contribution >= 4 is 17.1 Å². The number of nitrogens with zero attached hydrogens (tertiary/aromatic N) is 2. The second-order valence-electron chi connectivity index (χ2n) is 3.02. The summed E-state index contributed by atoms with van der Waals surface area (Å²) in [5.41, 5.74) is 2.23. The second-order valence-corrected chi connectivity index (χ2v) is 3.02. The van der Waals surface area contributed by atoms with Gasteiger partial charge in [0.25, 0.3) is 0 Å². The van der Waals surface area contributed by atoms with Crippen LogP contribution in [0.25, 0.3) is 17.1 Å². The average Bonchev–Trinajstić information content (AvgIpc) is 2.46. The molecule has 1 heterocycles. The predicted octanol–water partition coefficient (Wildman–Crippen LogP) is 2.61. The zero-order valence-electron chi connectivity index (χ0n) is 7.86. The van der Waals surface area contributed by atoms with Crippen LogP contribution in [0.4, 0.5) is 0 Å². The SMILES string of the molecule is C/C=C/c1nc2ccccc2n1C. The molecule has 2 heteroatoms. The van der Waals surface area contributed by atoms with Crippen LogP contribution in [0.3, 0.4) is 0 Å². The van der Waals surface area contributed by atoms with Gasteiger partial charge in [-0.3, -0.25) is 0 Å². The quantitative estimate of drug-likeness (QED) is 0.646. The number of fused-ring (bicyclic) bond motifs is 1. The third kappa shape index (κ3) is 1.24. The van der Waals surface area contributed by atoms with Gasteiger partial charge >= 0.3 is 0 Å². The first-order valence-electron chi connectivity index (χ1n) is 4.37. The molecule has 0 atom stereocenters. The van der Waals surface area contributed by atoms with E-state index in [1.807, 2.05) is 44.3 Å². The van der Waals surface area contributed by atoms with Gasteiger partial charge in [-0.25, -0.2) is 4.98 Å². The average molecular weight is 172 g/mol. The summed E-state index contributed by atoms with van der Waals surface area (Å²) in [6.45, 7) is 2.00. The molecule has 0 aliphatic heterocycles. The van der Waals surface area contributed by atoms with Crippen LogP contribution in [0.1, 0.15) is 12.7 Å². The molecular weight excluding hydrogens is 160 g/mol. The fourth-order valence-electron chi connectivity index (χ4n) is 1.46. The minimum Gasteiger partial charge on any atom is -0.328 e. The van der Waals surface area contributed by atoms with E-state index in [0.717, 1.165) is 11.3 Å². The van der Waals surface area contributed by atoms with Gasteiger partial charge < -0.3 is 4.57 Å². The Morgan fingerprint density at radius 3 is 2.77 bits per heavy atom. The van der Waals surface area contributed by atoms with E-state index >= 15 is 0 Å². The van der Waals surface area contributed by atoms with E-state index in [1.54, 1.807) is 0 Å². The van der Waals surface area contributed by atoms with Crippen LogP contribution in [0, 0.1) is 0 Å². The van der Waals surface area contributed by atoms with Gasteiger partial charge in [0, 0.05) is 7.05 Å². The lowest BCUT2D eigenvalue weighted by atomic mass is 10.3. The molecule has 0 fully saturated rings. The molecule has 0 saturated heterocycles. The predicted molar refractivity (Wildman–Crippen MR) is 55.4 cm³/mol. The fourth-order valence-corrected chi connectivity index (χ4v) is 1.46. The van der Waals surface area contributed by atoms with Gasteiger partial charge in [-0.1, -0.05) is 18.2 Å². The molecule has 0 unspecified atom stereocenters. The standard InChI is InChI=1S/C11H12N2/c1-3-6-11-12-9-7-4-5-8-10(9)13(11)2/h3-8H,1-2H3/b6-3+. The van der Waals surface area contributed by atoms with Crippen molar-refractivity contribution in [1.82, 2.24) is 9.55 Å². The summed E-state index contributed by atoms with van der Waals surface area (Å²) >= 11 is 0. The molecule has 1 aromatic heterocycles. The molecule has 0 N–H and O–H groups in total. The van der Waals surface area contributed by atoms with Crippen molar-refractivity contribution < 1.29 is 0 Å². The van der Waals surface area contributed by atoms with E-state index in [-0.39, 0.29) is 0 Å². The number of hydrogen-bond donors (Lipinski definition) is 0. The second kappa shape index (κ2) is 3.05. The number of benzene rings is 1. The molecule has 0 spiro atoms. The first-order valence-corrected chi connectivity index (χ1v) is 4.37. The van der Waals surface area contributed by atoms with Crippen LogP contribution in [0.5, 0.6) is 0 Å². The Hall–Kier alpha value is -1.57. The van der Waals surface area contributed by atoms with E-state index < -0.39 is 0 Å². The molecule has 0 radical (unpaired) electrons. The van der Waals surface area contributed by atoms with Crippen molar-refractivity contribution in [1.29, 1.82) is 0 Å². The van der Waals surface area contributed by atoms with E-state index in [0.29, 0.717) is 0 Å². The number of aryl methyl sites for hydroxylation is 1. The highest BCUT2D eigenvalue weighted by atomic mass is 15.0. The van der Waals surface area contributed by atoms with Gasteiger partial charge in [-0.15, -0.1) is 0 Å². The normalized spacial score (nSPS) is 11.5. The minimum absolute atomic E-state index is 1.00. The Bertz CT molecular complexity index is 452. The number of allylic oxidation sites excluding steroid dienone is 1. The molecule has 0 bridgehead atoms. The van der Waals surface area contributed by atoms with Crippen molar-refractivity contribution in [2.24, 2.45) is 7.05 Å². The molecule has 1 aromatic carbocycles. The smallest absolute Gasteiger partial charge is 0.133 e. The number of rotatable bonds is 1. The highest BCUT2D eigenvalue weighted by molar-refractivity contribution is 5.77. The largest absolute Gasteiger partial charge is 0.328 e. The van der Waals surface area contributed by atoms with Crippen molar-refractivity contribution in [3.05, 3.63) is 36.2 Å². The molecule has 2 aromatic rings. The van der Waals surface area contributed by atoms with Crippen LogP contribution in [0.15, 0.2) is 30.3 Å². The van der Waals surface area contributed by atoms with E-state index in [4.69, 9.17) is 0 Å². The van der Waals surface area contributed by atoms with E-state index in [1.165, 1.54) is 5.52 Å². The van der Waals surface area contributed by atoms with Crippen molar-refractivity contribution in [2.75, 3.05) is 0 Å². The maximum atomic E-state index is 4.48. The summed E-state index contributed by atoms with van der Waals surface area (Å²) in [6.07, 6.45) is 4.02. The first kappa shape index (κ1) is 8.05. The Labute approximate surface area is 77.5 Å². The van der Waals surface area contributed by atoms with Gasteiger partial charge in [-0.05, 0) is 25.1 Å². The van der Waals surface area contributed by atoms with Crippen LogP contribution in [0.2, 0.25) is 0 Å². The Balaban J connectivity index is 2.73. The lowest BCUT2D eigenvalue weighted by molar-refractivity contribution is 0.929. The third-order valence-electron chi connectivity index (χ3n) is 2.14.